The monoisotopic (exact) mass is 525 g/mol. The Morgan fingerprint density at radius 2 is 1.70 bits per heavy atom. The maximum absolute atomic E-state index is 13.1. The Bertz CT molecular complexity index is 1530. The van der Waals surface area contributed by atoms with Crippen molar-refractivity contribution in [1.29, 1.82) is 0 Å². The summed E-state index contributed by atoms with van der Waals surface area (Å²) in [6, 6.07) is 17.1. The van der Waals surface area contributed by atoms with Gasteiger partial charge in [-0.3, -0.25) is 4.79 Å². The molecule has 2 aromatic heterocycles. The summed E-state index contributed by atoms with van der Waals surface area (Å²) >= 11 is 0. The zero-order valence-corrected chi connectivity index (χ0v) is 21.3. The largest absolute Gasteiger partial charge is 0.317 e. The summed E-state index contributed by atoms with van der Waals surface area (Å²) in [5.74, 6) is -0.286. The number of halogens is 1. The highest BCUT2D eigenvalue weighted by Gasteiger charge is 2.35. The van der Waals surface area contributed by atoms with Gasteiger partial charge in [-0.25, -0.2) is 23.0 Å². The molecule has 0 saturated heterocycles. The number of nitrogens with one attached hydrogen (secondary N) is 1. The van der Waals surface area contributed by atoms with Crippen LogP contribution in [0.4, 0.5) is 4.39 Å². The van der Waals surface area contributed by atoms with Crippen molar-refractivity contribution in [3.05, 3.63) is 94.8 Å². The minimum atomic E-state index is -3.47. The third-order valence-corrected chi connectivity index (χ3v) is 8.68. The Hall–Kier alpha value is -3.67. The van der Waals surface area contributed by atoms with Crippen LogP contribution in [0.1, 0.15) is 18.9 Å². The second-order valence-electron chi connectivity index (χ2n) is 9.26. The smallest absolute Gasteiger partial charge is 0.251 e. The topological polar surface area (TPSA) is 119 Å². The fourth-order valence-electron chi connectivity index (χ4n) is 3.92. The van der Waals surface area contributed by atoms with E-state index >= 15 is 0 Å². The van der Waals surface area contributed by atoms with Gasteiger partial charge in [-0.2, -0.15) is 0 Å². The molecule has 0 saturated carbocycles. The molecule has 11 heteroatoms. The molecule has 2 N–H and O–H groups in total. The zero-order valence-electron chi connectivity index (χ0n) is 20.5. The highest BCUT2D eigenvalue weighted by atomic mass is 32.2. The Morgan fingerprint density at radius 1 is 1.03 bits per heavy atom. The third-order valence-electron chi connectivity index (χ3n) is 6.54. The lowest BCUT2D eigenvalue weighted by atomic mass is 10.0. The van der Waals surface area contributed by atoms with Crippen LogP contribution < -0.4 is 11.0 Å². The molecule has 4 aromatic rings. The summed E-state index contributed by atoms with van der Waals surface area (Å²) in [7, 11) is -3.47. The lowest BCUT2D eigenvalue weighted by Gasteiger charge is -2.27. The minimum Gasteiger partial charge on any atom is -0.317 e. The number of hydrogen-bond donors (Lipinski definition) is 2. The second kappa shape index (κ2) is 10.8. The van der Waals surface area contributed by atoms with E-state index in [2.05, 4.69) is 10.3 Å². The average Bonchev–Trinajstić information content (AvgIpc) is 3.33. The summed E-state index contributed by atoms with van der Waals surface area (Å²) in [5.41, 5.74) is 5.73. The first-order valence-corrected chi connectivity index (χ1v) is 13.5. The Morgan fingerprint density at radius 3 is 2.32 bits per heavy atom. The molecular formula is C26H28FN5O4S. The molecule has 2 heterocycles. The van der Waals surface area contributed by atoms with E-state index in [-0.39, 0.29) is 30.9 Å². The molecule has 4 rings (SSSR count). The molecule has 0 amide bonds. The molecule has 2 aromatic carbocycles. The van der Waals surface area contributed by atoms with Crippen LogP contribution in [0.15, 0.2) is 77.9 Å². The van der Waals surface area contributed by atoms with Crippen molar-refractivity contribution in [3.63, 3.8) is 0 Å². The van der Waals surface area contributed by atoms with Gasteiger partial charge in [0, 0.05) is 37.2 Å². The summed E-state index contributed by atoms with van der Waals surface area (Å²) in [5, 5.41) is 17.4. The Balaban J connectivity index is 1.45. The van der Waals surface area contributed by atoms with Crippen LogP contribution in [0.5, 0.6) is 0 Å². The molecule has 1 unspecified atom stereocenters. The number of aryl methyl sites for hydroxylation is 1. The third kappa shape index (κ3) is 6.19. The summed E-state index contributed by atoms with van der Waals surface area (Å²) in [6.07, 6.45) is 4.74. The molecule has 37 heavy (non-hydrogen) atoms. The molecule has 0 spiro atoms. The van der Waals surface area contributed by atoms with Crippen molar-refractivity contribution in [3.8, 4) is 22.4 Å². The molecule has 9 nitrogen and oxygen atoms in total. The molecule has 0 radical (unpaired) electrons. The fraction of sp³-hybridized carbons (Fsp3) is 0.269. The SMILES string of the molecule is CC(CCn1ccc(-c2ccc(-c3cn(Cc4ccc(F)cc4)nn3)cc2)cc1=O)(CNO)S(C)(=O)=O. The first-order valence-electron chi connectivity index (χ1n) is 11.6. The van der Waals surface area contributed by atoms with Crippen molar-refractivity contribution in [2.45, 2.75) is 31.2 Å². The summed E-state index contributed by atoms with van der Waals surface area (Å²) in [6.45, 7) is 2.07. The van der Waals surface area contributed by atoms with Gasteiger partial charge in [0.25, 0.3) is 5.56 Å². The lowest BCUT2D eigenvalue weighted by molar-refractivity contribution is 0.153. The van der Waals surface area contributed by atoms with E-state index in [1.807, 2.05) is 35.9 Å². The van der Waals surface area contributed by atoms with Crippen molar-refractivity contribution >= 4 is 9.84 Å². The predicted molar refractivity (Wildman–Crippen MR) is 138 cm³/mol. The molecule has 0 aliphatic carbocycles. The van der Waals surface area contributed by atoms with Gasteiger partial charge >= 0.3 is 0 Å². The number of nitrogens with zero attached hydrogens (tertiary/aromatic N) is 4. The first-order chi connectivity index (χ1) is 17.6. The molecule has 1 atom stereocenters. The highest BCUT2D eigenvalue weighted by Crippen LogP contribution is 2.24. The van der Waals surface area contributed by atoms with Crippen LogP contribution >= 0.6 is 0 Å². The number of hydroxylamine groups is 1. The van der Waals surface area contributed by atoms with E-state index in [0.717, 1.165) is 28.5 Å². The maximum atomic E-state index is 13.1. The molecule has 0 fully saturated rings. The van der Waals surface area contributed by atoms with Gasteiger partial charge in [-0.05, 0) is 48.2 Å². The number of aromatic nitrogens is 4. The Labute approximate surface area is 214 Å². The van der Waals surface area contributed by atoms with Crippen molar-refractivity contribution in [2.75, 3.05) is 12.8 Å². The molecule has 194 valence electrons. The Kier molecular flexibility index (Phi) is 7.67. The van der Waals surface area contributed by atoms with Gasteiger partial charge in [-0.1, -0.05) is 41.6 Å². The average molecular weight is 526 g/mol. The van der Waals surface area contributed by atoms with Crippen molar-refractivity contribution < 1.29 is 18.0 Å². The van der Waals surface area contributed by atoms with Gasteiger partial charge in [0.1, 0.15) is 11.5 Å². The van der Waals surface area contributed by atoms with E-state index < -0.39 is 14.6 Å². The zero-order chi connectivity index (χ0) is 26.6. The number of sulfone groups is 1. The lowest BCUT2D eigenvalue weighted by Crippen LogP contribution is -2.44. The standard InChI is InChI=1S/C26H28FN5O4S/c1-26(18-28-34,37(2,35)36)12-14-31-13-11-22(15-25(31)33)20-5-7-21(8-6-20)24-17-32(30-29-24)16-19-3-9-23(27)10-4-19/h3-11,13,15,17,28,34H,12,14,16,18H2,1-2H3. The number of pyridine rings is 1. The highest BCUT2D eigenvalue weighted by molar-refractivity contribution is 7.92. The van der Waals surface area contributed by atoms with Crippen LogP contribution in [0, 0.1) is 5.82 Å². The quantitative estimate of drug-likeness (QED) is 0.305. The molecule has 0 bridgehead atoms. The van der Waals surface area contributed by atoms with Crippen LogP contribution in [-0.2, 0) is 22.9 Å². The summed E-state index contributed by atoms with van der Waals surface area (Å²) in [4.78, 5) is 12.7. The minimum absolute atomic E-state index is 0.134. The van der Waals surface area contributed by atoms with Gasteiger partial charge in [0.05, 0.1) is 17.5 Å². The van der Waals surface area contributed by atoms with Crippen molar-refractivity contribution in [2.24, 2.45) is 0 Å². The van der Waals surface area contributed by atoms with E-state index in [1.54, 1.807) is 29.1 Å². The van der Waals surface area contributed by atoms with Gasteiger partial charge in [-0.15, -0.1) is 5.10 Å². The normalized spacial score (nSPS) is 13.4. The number of rotatable bonds is 10. The maximum Gasteiger partial charge on any atom is 0.251 e. The van der Waals surface area contributed by atoms with E-state index in [9.17, 15) is 17.6 Å². The van der Waals surface area contributed by atoms with Gasteiger partial charge in [0.15, 0.2) is 9.84 Å². The van der Waals surface area contributed by atoms with E-state index in [0.29, 0.717) is 12.2 Å². The molecule has 0 aliphatic rings. The van der Waals surface area contributed by atoms with Crippen LogP contribution in [0.2, 0.25) is 0 Å². The number of hydrogen-bond acceptors (Lipinski definition) is 7. The second-order valence-corrected chi connectivity index (χ2v) is 11.8. The molecular weight excluding hydrogens is 497 g/mol. The van der Waals surface area contributed by atoms with Crippen LogP contribution in [0.25, 0.3) is 22.4 Å². The molecule has 0 aliphatic heterocycles. The van der Waals surface area contributed by atoms with Crippen molar-refractivity contribution in [1.82, 2.24) is 25.0 Å². The van der Waals surface area contributed by atoms with Gasteiger partial charge < -0.3 is 9.77 Å². The number of benzene rings is 2. The van der Waals surface area contributed by atoms with Crippen LogP contribution in [-0.4, -0.2) is 50.7 Å². The predicted octanol–water partition coefficient (Wildman–Crippen LogP) is 3.13. The fourth-order valence-corrected chi connectivity index (χ4v) is 4.71. The first kappa shape index (κ1) is 26.4. The van der Waals surface area contributed by atoms with E-state index in [4.69, 9.17) is 5.21 Å². The van der Waals surface area contributed by atoms with E-state index in [1.165, 1.54) is 29.7 Å². The van der Waals surface area contributed by atoms with Gasteiger partial charge in [0.2, 0.25) is 0 Å². The summed E-state index contributed by atoms with van der Waals surface area (Å²) < 4.78 is 39.3. The van der Waals surface area contributed by atoms with Crippen LogP contribution in [0.3, 0.4) is 0 Å².